The summed E-state index contributed by atoms with van der Waals surface area (Å²) in [5.74, 6) is -1.33. The molecule has 6 heteroatoms. The summed E-state index contributed by atoms with van der Waals surface area (Å²) in [4.78, 5) is 22.4. The van der Waals surface area contributed by atoms with Crippen LogP contribution in [0.15, 0.2) is 24.3 Å². The molecule has 0 bridgehead atoms. The molecular weight excluding hydrogens is 263 g/mol. The van der Waals surface area contributed by atoms with Crippen LogP contribution in [0.5, 0.6) is 0 Å². The summed E-state index contributed by atoms with van der Waals surface area (Å²) >= 11 is 0. The van der Waals surface area contributed by atoms with Gasteiger partial charge in [0.25, 0.3) is 0 Å². The monoisotopic (exact) mass is 282 g/mol. The van der Waals surface area contributed by atoms with Gasteiger partial charge in [0.05, 0.1) is 12.5 Å². The fourth-order valence-corrected chi connectivity index (χ4v) is 1.79. The molecule has 2 amide bonds. The molecule has 0 aliphatic carbocycles. The van der Waals surface area contributed by atoms with Gasteiger partial charge < -0.3 is 15.7 Å². The fraction of sp³-hybridized carbons (Fsp3) is 0.429. The second-order valence-corrected chi connectivity index (χ2v) is 4.60. The van der Waals surface area contributed by atoms with Crippen LogP contribution in [0.1, 0.15) is 38.3 Å². The van der Waals surface area contributed by atoms with E-state index in [0.29, 0.717) is 12.0 Å². The van der Waals surface area contributed by atoms with Crippen LogP contribution >= 0.6 is 0 Å². The normalized spacial score (nSPS) is 13.3. The van der Waals surface area contributed by atoms with Crippen molar-refractivity contribution < 1.29 is 19.1 Å². The van der Waals surface area contributed by atoms with E-state index in [2.05, 4.69) is 10.6 Å². The number of carbonyl (C=O) groups is 2. The van der Waals surface area contributed by atoms with E-state index in [1.165, 1.54) is 12.1 Å². The number of amides is 2. The molecule has 3 N–H and O–H groups in total. The first-order valence-corrected chi connectivity index (χ1v) is 6.46. The minimum atomic E-state index is -0.963. The molecule has 0 spiro atoms. The highest BCUT2D eigenvalue weighted by Crippen LogP contribution is 2.13. The molecule has 5 nitrogen and oxygen atoms in total. The first kappa shape index (κ1) is 15.9. The number of hydrogen-bond donors (Lipinski definition) is 3. The Morgan fingerprint density at radius 3 is 2.60 bits per heavy atom. The maximum Gasteiger partial charge on any atom is 0.315 e. The molecule has 0 aliphatic heterocycles. The summed E-state index contributed by atoms with van der Waals surface area (Å²) in [6.45, 7) is 3.52. The molecule has 0 aliphatic rings. The van der Waals surface area contributed by atoms with Gasteiger partial charge in [0.1, 0.15) is 5.82 Å². The first-order valence-electron chi connectivity index (χ1n) is 6.46. The molecule has 0 aromatic heterocycles. The Balaban J connectivity index is 2.55. The van der Waals surface area contributed by atoms with E-state index < -0.39 is 18.0 Å². The predicted octanol–water partition coefficient (Wildman–Crippen LogP) is 2.44. The van der Waals surface area contributed by atoms with Crippen molar-refractivity contribution in [2.75, 3.05) is 0 Å². The van der Waals surface area contributed by atoms with Gasteiger partial charge in [0, 0.05) is 6.04 Å². The van der Waals surface area contributed by atoms with E-state index in [4.69, 9.17) is 5.11 Å². The van der Waals surface area contributed by atoms with Crippen LogP contribution in [0.4, 0.5) is 9.18 Å². The number of carbonyl (C=O) groups excluding carboxylic acids is 1. The Morgan fingerprint density at radius 2 is 2.05 bits per heavy atom. The molecule has 1 aromatic carbocycles. The molecule has 20 heavy (non-hydrogen) atoms. The molecule has 1 rings (SSSR count). The zero-order valence-electron chi connectivity index (χ0n) is 11.5. The van der Waals surface area contributed by atoms with E-state index in [1.54, 1.807) is 26.0 Å². The number of halogens is 1. The fourth-order valence-electron chi connectivity index (χ4n) is 1.79. The number of carboxylic acid groups (broad SMARTS) is 1. The highest BCUT2D eigenvalue weighted by atomic mass is 19.1. The molecule has 0 fully saturated rings. The summed E-state index contributed by atoms with van der Waals surface area (Å²) in [5, 5.41) is 13.9. The largest absolute Gasteiger partial charge is 0.481 e. The first-order chi connectivity index (χ1) is 9.42. The number of rotatable bonds is 6. The zero-order chi connectivity index (χ0) is 15.1. The summed E-state index contributed by atoms with van der Waals surface area (Å²) in [7, 11) is 0. The molecule has 0 saturated heterocycles. The number of hydrogen-bond acceptors (Lipinski definition) is 2. The van der Waals surface area contributed by atoms with Gasteiger partial charge in [0.15, 0.2) is 0 Å². The van der Waals surface area contributed by atoms with Gasteiger partial charge in [-0.25, -0.2) is 9.18 Å². The second-order valence-electron chi connectivity index (χ2n) is 4.60. The Labute approximate surface area is 117 Å². The summed E-state index contributed by atoms with van der Waals surface area (Å²) < 4.78 is 13.1. The number of urea groups is 1. The Bertz CT molecular complexity index is 479. The van der Waals surface area contributed by atoms with Crippen LogP contribution in [0, 0.1) is 5.82 Å². The Morgan fingerprint density at radius 1 is 1.35 bits per heavy atom. The van der Waals surface area contributed by atoms with Crippen LogP contribution in [0.3, 0.4) is 0 Å². The lowest BCUT2D eigenvalue weighted by atomic mass is 10.1. The second kappa shape index (κ2) is 7.47. The van der Waals surface area contributed by atoms with Gasteiger partial charge in [-0.1, -0.05) is 19.1 Å². The van der Waals surface area contributed by atoms with E-state index in [1.807, 2.05) is 0 Å². The van der Waals surface area contributed by atoms with Gasteiger partial charge >= 0.3 is 12.0 Å². The summed E-state index contributed by atoms with van der Waals surface area (Å²) in [6, 6.07) is 4.70. The van der Waals surface area contributed by atoms with Gasteiger partial charge in [-0.3, -0.25) is 4.79 Å². The van der Waals surface area contributed by atoms with Crippen molar-refractivity contribution in [3.05, 3.63) is 35.6 Å². The van der Waals surface area contributed by atoms with Crippen LogP contribution < -0.4 is 10.6 Å². The average Bonchev–Trinajstić information content (AvgIpc) is 2.37. The minimum absolute atomic E-state index is 0.127. The van der Waals surface area contributed by atoms with Gasteiger partial charge in [-0.05, 0) is 31.0 Å². The standard InChI is InChI=1S/C14H19FN2O3/c1-3-12(8-13(18)19)17-14(20)16-9(2)10-5-4-6-11(15)7-10/h4-7,9,12H,3,8H2,1-2H3,(H,18,19)(H2,16,17,20). The molecule has 2 unspecified atom stereocenters. The van der Waals surface area contributed by atoms with Crippen LogP contribution in [0.25, 0.3) is 0 Å². The molecular formula is C14H19FN2O3. The van der Waals surface area contributed by atoms with Gasteiger partial charge in [-0.2, -0.15) is 0 Å². The van der Waals surface area contributed by atoms with Crippen molar-refractivity contribution in [2.45, 2.75) is 38.8 Å². The van der Waals surface area contributed by atoms with E-state index in [-0.39, 0.29) is 18.3 Å². The highest BCUT2D eigenvalue weighted by Gasteiger charge is 2.16. The molecule has 0 saturated carbocycles. The van der Waals surface area contributed by atoms with Crippen molar-refractivity contribution in [3.8, 4) is 0 Å². The van der Waals surface area contributed by atoms with Gasteiger partial charge in [0.2, 0.25) is 0 Å². The van der Waals surface area contributed by atoms with E-state index >= 15 is 0 Å². The summed E-state index contributed by atoms with van der Waals surface area (Å²) in [6.07, 6.45) is 0.395. The highest BCUT2D eigenvalue weighted by molar-refractivity contribution is 5.76. The molecule has 1 aromatic rings. The zero-order valence-corrected chi connectivity index (χ0v) is 11.5. The van der Waals surface area contributed by atoms with Crippen LogP contribution in [-0.2, 0) is 4.79 Å². The van der Waals surface area contributed by atoms with Crippen molar-refractivity contribution in [1.82, 2.24) is 10.6 Å². The SMILES string of the molecule is CCC(CC(=O)O)NC(=O)NC(C)c1cccc(F)c1. The Kier molecular flexibility index (Phi) is 5.96. The van der Waals surface area contributed by atoms with Gasteiger partial charge in [-0.15, -0.1) is 0 Å². The topological polar surface area (TPSA) is 78.4 Å². The summed E-state index contributed by atoms with van der Waals surface area (Å²) in [5.41, 5.74) is 0.645. The molecule has 0 radical (unpaired) electrons. The number of nitrogens with one attached hydrogen (secondary N) is 2. The number of aliphatic carboxylic acids is 1. The third-order valence-electron chi connectivity index (χ3n) is 2.95. The van der Waals surface area contributed by atoms with Crippen LogP contribution in [-0.4, -0.2) is 23.1 Å². The number of benzene rings is 1. The van der Waals surface area contributed by atoms with Crippen molar-refractivity contribution in [3.63, 3.8) is 0 Å². The lowest BCUT2D eigenvalue weighted by Crippen LogP contribution is -2.43. The maximum absolute atomic E-state index is 13.1. The van der Waals surface area contributed by atoms with Crippen molar-refractivity contribution >= 4 is 12.0 Å². The average molecular weight is 282 g/mol. The minimum Gasteiger partial charge on any atom is -0.481 e. The van der Waals surface area contributed by atoms with Crippen molar-refractivity contribution in [1.29, 1.82) is 0 Å². The van der Waals surface area contributed by atoms with E-state index in [9.17, 15) is 14.0 Å². The quantitative estimate of drug-likeness (QED) is 0.750. The third-order valence-corrected chi connectivity index (χ3v) is 2.95. The predicted molar refractivity (Wildman–Crippen MR) is 72.8 cm³/mol. The molecule has 110 valence electrons. The Hall–Kier alpha value is -2.11. The molecule has 0 heterocycles. The molecule has 2 atom stereocenters. The smallest absolute Gasteiger partial charge is 0.315 e. The van der Waals surface area contributed by atoms with Crippen LogP contribution in [0.2, 0.25) is 0 Å². The third kappa shape index (κ3) is 5.26. The lowest BCUT2D eigenvalue weighted by Gasteiger charge is -2.19. The number of carboxylic acids is 1. The van der Waals surface area contributed by atoms with E-state index in [0.717, 1.165) is 0 Å². The van der Waals surface area contributed by atoms with Crippen molar-refractivity contribution in [2.24, 2.45) is 0 Å². The maximum atomic E-state index is 13.1. The lowest BCUT2D eigenvalue weighted by molar-refractivity contribution is -0.137.